The van der Waals surface area contributed by atoms with E-state index in [9.17, 15) is 9.59 Å². The number of carbonyl (C=O) groups excluding carboxylic acids is 2. The number of carbonyl (C=O) groups is 2. The minimum Gasteiger partial charge on any atom is -0.489 e. The number of amides is 3. The van der Waals surface area contributed by atoms with Crippen LogP contribution in [0.1, 0.15) is 32.3 Å². The lowest BCUT2D eigenvalue weighted by Gasteiger charge is -2.15. The number of imide groups is 1. The molecule has 1 saturated carbocycles. The maximum atomic E-state index is 11.8. The van der Waals surface area contributed by atoms with Gasteiger partial charge in [-0.05, 0) is 44.9 Å². The van der Waals surface area contributed by atoms with E-state index in [1.54, 1.807) is 18.2 Å². The molecule has 7 nitrogen and oxygen atoms in total. The van der Waals surface area contributed by atoms with Gasteiger partial charge in [0.2, 0.25) is 5.91 Å². The van der Waals surface area contributed by atoms with Gasteiger partial charge in [-0.15, -0.1) is 0 Å². The maximum Gasteiger partial charge on any atom is 0.321 e. The summed E-state index contributed by atoms with van der Waals surface area (Å²) < 4.78 is 5.64. The summed E-state index contributed by atoms with van der Waals surface area (Å²) >= 11 is 0. The lowest BCUT2D eigenvalue weighted by molar-refractivity contribution is -0.118. The molecule has 0 heterocycles. The van der Waals surface area contributed by atoms with E-state index >= 15 is 0 Å². The van der Waals surface area contributed by atoms with Crippen LogP contribution in [0.3, 0.4) is 0 Å². The zero-order chi connectivity index (χ0) is 16.8. The second kappa shape index (κ2) is 7.49. The smallest absolute Gasteiger partial charge is 0.321 e. The van der Waals surface area contributed by atoms with Gasteiger partial charge in [0.05, 0.1) is 30.0 Å². The molecule has 0 unspecified atom stereocenters. The Bertz CT molecular complexity index is 633. The Hall–Kier alpha value is -2.75. The number of nitriles is 1. The number of hydrogen-bond donors (Lipinski definition) is 3. The van der Waals surface area contributed by atoms with Gasteiger partial charge in [-0.1, -0.05) is 0 Å². The van der Waals surface area contributed by atoms with E-state index in [1.165, 1.54) is 0 Å². The third-order valence-electron chi connectivity index (χ3n) is 3.08. The summed E-state index contributed by atoms with van der Waals surface area (Å²) in [6.07, 6.45) is 1.87. The first kappa shape index (κ1) is 16.6. The monoisotopic (exact) mass is 316 g/mol. The first-order chi connectivity index (χ1) is 11.0. The van der Waals surface area contributed by atoms with Gasteiger partial charge < -0.3 is 15.4 Å². The zero-order valence-electron chi connectivity index (χ0n) is 13.2. The first-order valence-corrected chi connectivity index (χ1v) is 7.53. The van der Waals surface area contributed by atoms with Crippen molar-refractivity contribution in [2.45, 2.75) is 38.8 Å². The summed E-state index contributed by atoms with van der Waals surface area (Å²) in [5.74, 6) is 0.0928. The molecule has 3 N–H and O–H groups in total. The number of urea groups is 1. The fourth-order valence-electron chi connectivity index (χ4n) is 1.89. The predicted molar refractivity (Wildman–Crippen MR) is 85.1 cm³/mol. The van der Waals surface area contributed by atoms with Crippen LogP contribution in [0, 0.1) is 11.3 Å². The van der Waals surface area contributed by atoms with Crippen molar-refractivity contribution in [1.82, 2.24) is 10.6 Å². The highest BCUT2D eigenvalue weighted by molar-refractivity contribution is 5.96. The Morgan fingerprint density at radius 1 is 1.39 bits per heavy atom. The van der Waals surface area contributed by atoms with Crippen molar-refractivity contribution in [2.24, 2.45) is 0 Å². The van der Waals surface area contributed by atoms with Crippen molar-refractivity contribution in [3.8, 4) is 11.8 Å². The van der Waals surface area contributed by atoms with Crippen LogP contribution < -0.4 is 20.7 Å². The molecule has 23 heavy (non-hydrogen) atoms. The molecule has 0 radical (unpaired) electrons. The Labute approximate surface area is 135 Å². The molecule has 1 fully saturated rings. The molecule has 0 bridgehead atoms. The van der Waals surface area contributed by atoms with Gasteiger partial charge in [0, 0.05) is 6.04 Å². The van der Waals surface area contributed by atoms with Crippen LogP contribution in [0.5, 0.6) is 5.75 Å². The summed E-state index contributed by atoms with van der Waals surface area (Å²) in [6, 6.07) is 6.67. The highest BCUT2D eigenvalue weighted by Gasteiger charge is 2.23. The topological polar surface area (TPSA) is 103 Å². The maximum absolute atomic E-state index is 11.8. The van der Waals surface area contributed by atoms with Gasteiger partial charge in [0.1, 0.15) is 5.75 Å². The standard InChI is InChI=1S/C16H20N4O3/c1-10(2)23-14-6-3-11(8-17)7-13(14)18-9-15(21)20-16(22)19-12-4-5-12/h3,6-7,10,12,18H,4-5,9H2,1-2H3,(H2,19,20,21,22). The summed E-state index contributed by atoms with van der Waals surface area (Å²) in [5.41, 5.74) is 0.992. The summed E-state index contributed by atoms with van der Waals surface area (Å²) in [6.45, 7) is 3.68. The zero-order valence-corrected chi connectivity index (χ0v) is 13.2. The summed E-state index contributed by atoms with van der Waals surface area (Å²) in [7, 11) is 0. The quantitative estimate of drug-likeness (QED) is 0.742. The summed E-state index contributed by atoms with van der Waals surface area (Å²) in [4.78, 5) is 23.3. The number of rotatable bonds is 6. The van der Waals surface area contributed by atoms with Crippen LogP contribution in [0.4, 0.5) is 10.5 Å². The van der Waals surface area contributed by atoms with Crippen molar-refractivity contribution in [1.29, 1.82) is 5.26 Å². The van der Waals surface area contributed by atoms with E-state index in [4.69, 9.17) is 10.00 Å². The van der Waals surface area contributed by atoms with Crippen molar-refractivity contribution in [2.75, 3.05) is 11.9 Å². The molecule has 0 aliphatic heterocycles. The van der Waals surface area contributed by atoms with Crippen molar-refractivity contribution in [3.05, 3.63) is 23.8 Å². The lowest BCUT2D eigenvalue weighted by Crippen LogP contribution is -2.42. The number of anilines is 1. The van der Waals surface area contributed by atoms with Crippen molar-refractivity contribution in [3.63, 3.8) is 0 Å². The number of nitrogens with zero attached hydrogens (tertiary/aromatic N) is 1. The van der Waals surface area contributed by atoms with Gasteiger partial charge in [0.15, 0.2) is 0 Å². The second-order valence-corrected chi connectivity index (χ2v) is 5.64. The van der Waals surface area contributed by atoms with Crippen molar-refractivity contribution < 1.29 is 14.3 Å². The highest BCUT2D eigenvalue weighted by atomic mass is 16.5. The van der Waals surface area contributed by atoms with E-state index in [2.05, 4.69) is 16.0 Å². The van der Waals surface area contributed by atoms with Crippen LogP contribution in [-0.2, 0) is 4.79 Å². The van der Waals surface area contributed by atoms with Crippen LogP contribution in [0.2, 0.25) is 0 Å². The average molecular weight is 316 g/mol. The first-order valence-electron chi connectivity index (χ1n) is 7.53. The number of hydrogen-bond acceptors (Lipinski definition) is 5. The Morgan fingerprint density at radius 3 is 2.74 bits per heavy atom. The molecule has 3 amide bonds. The summed E-state index contributed by atoms with van der Waals surface area (Å²) in [5, 5.41) is 16.8. The molecule has 1 aliphatic rings. The lowest BCUT2D eigenvalue weighted by atomic mass is 10.2. The third kappa shape index (κ3) is 5.51. The van der Waals surface area contributed by atoms with Crippen LogP contribution >= 0.6 is 0 Å². The molecule has 1 aromatic rings. The van der Waals surface area contributed by atoms with E-state index < -0.39 is 11.9 Å². The number of nitrogens with one attached hydrogen (secondary N) is 3. The minimum absolute atomic E-state index is 0.0402. The minimum atomic E-state index is -0.483. The van der Waals surface area contributed by atoms with Gasteiger partial charge in [-0.25, -0.2) is 4.79 Å². The molecular weight excluding hydrogens is 296 g/mol. The predicted octanol–water partition coefficient (Wildman–Crippen LogP) is 1.75. The molecule has 1 aromatic carbocycles. The van der Waals surface area contributed by atoms with E-state index in [0.717, 1.165) is 12.8 Å². The normalized spacial score (nSPS) is 13.1. The molecule has 0 spiro atoms. The van der Waals surface area contributed by atoms with E-state index in [0.29, 0.717) is 17.0 Å². The molecule has 0 aromatic heterocycles. The van der Waals surface area contributed by atoms with Crippen molar-refractivity contribution >= 4 is 17.6 Å². The number of benzene rings is 1. The number of ether oxygens (including phenoxy) is 1. The molecule has 1 aliphatic carbocycles. The molecule has 0 atom stereocenters. The van der Waals surface area contributed by atoms with Gasteiger partial charge in [0.25, 0.3) is 0 Å². The molecule has 0 saturated heterocycles. The molecule has 2 rings (SSSR count). The second-order valence-electron chi connectivity index (χ2n) is 5.64. The van der Waals surface area contributed by atoms with Gasteiger partial charge in [-0.3, -0.25) is 10.1 Å². The van der Waals surface area contributed by atoms with Crippen LogP contribution in [0.25, 0.3) is 0 Å². The van der Waals surface area contributed by atoms with E-state index in [-0.39, 0.29) is 18.7 Å². The Balaban J connectivity index is 1.93. The fraction of sp³-hybridized carbons (Fsp3) is 0.438. The third-order valence-corrected chi connectivity index (χ3v) is 3.08. The molecular formula is C16H20N4O3. The average Bonchev–Trinajstić information content (AvgIpc) is 3.29. The van der Waals surface area contributed by atoms with Crippen LogP contribution in [-0.4, -0.2) is 30.6 Å². The Kier molecular flexibility index (Phi) is 5.41. The SMILES string of the molecule is CC(C)Oc1ccc(C#N)cc1NCC(=O)NC(=O)NC1CC1. The Morgan fingerprint density at radius 2 is 2.13 bits per heavy atom. The van der Waals surface area contributed by atoms with Crippen LogP contribution in [0.15, 0.2) is 18.2 Å². The largest absolute Gasteiger partial charge is 0.489 e. The fourth-order valence-corrected chi connectivity index (χ4v) is 1.89. The van der Waals surface area contributed by atoms with Gasteiger partial charge in [-0.2, -0.15) is 5.26 Å². The highest BCUT2D eigenvalue weighted by Crippen LogP contribution is 2.26. The van der Waals surface area contributed by atoms with Gasteiger partial charge >= 0.3 is 6.03 Å². The molecule has 7 heteroatoms. The van der Waals surface area contributed by atoms with E-state index in [1.807, 2.05) is 19.9 Å². The molecule has 122 valence electrons.